The third-order valence-corrected chi connectivity index (χ3v) is 3.06. The molecular weight excluding hydrogens is 219 g/mol. The van der Waals surface area contributed by atoms with E-state index < -0.39 is 0 Å². The second-order valence-electron chi connectivity index (χ2n) is 4.49. The van der Waals surface area contributed by atoms with Crippen molar-refractivity contribution in [1.82, 2.24) is 9.97 Å². The quantitative estimate of drug-likeness (QED) is 0.800. The van der Waals surface area contributed by atoms with E-state index in [1.807, 2.05) is 0 Å². The van der Waals surface area contributed by atoms with Gasteiger partial charge in [-0.15, -0.1) is 0 Å². The smallest absolute Gasteiger partial charge is 0.224 e. The maximum atomic E-state index is 13.4. The maximum Gasteiger partial charge on any atom is 0.224 e. The molecule has 1 aliphatic rings. The molecule has 1 aromatic rings. The van der Waals surface area contributed by atoms with Gasteiger partial charge in [0, 0.05) is 13.1 Å². The molecule has 0 amide bonds. The number of anilines is 2. The number of halogens is 1. The highest BCUT2D eigenvalue weighted by Crippen LogP contribution is 2.26. The average molecular weight is 238 g/mol. The van der Waals surface area contributed by atoms with Crippen molar-refractivity contribution in [3.63, 3.8) is 0 Å². The van der Waals surface area contributed by atoms with Gasteiger partial charge in [-0.25, -0.2) is 9.37 Å². The lowest BCUT2D eigenvalue weighted by atomic mass is 9.85. The first-order valence-electron chi connectivity index (χ1n) is 6.30. The van der Waals surface area contributed by atoms with Crippen molar-refractivity contribution >= 4 is 11.8 Å². The standard InChI is InChI=1S/C12H19FN4/c1-2-6-14-12-16-8-10(13)11(17-12)15-7-9-4-3-5-9/h8-9H,2-7H2,1H3,(H2,14,15,16,17). The Morgan fingerprint density at radius 1 is 1.41 bits per heavy atom. The van der Waals surface area contributed by atoms with E-state index in [0.29, 0.717) is 17.7 Å². The molecule has 5 heteroatoms. The topological polar surface area (TPSA) is 49.8 Å². The minimum Gasteiger partial charge on any atom is -0.367 e. The molecule has 0 radical (unpaired) electrons. The van der Waals surface area contributed by atoms with Crippen molar-refractivity contribution in [2.45, 2.75) is 32.6 Å². The minimum absolute atomic E-state index is 0.311. The number of hydrogen-bond acceptors (Lipinski definition) is 4. The lowest BCUT2D eigenvalue weighted by Crippen LogP contribution is -2.22. The van der Waals surface area contributed by atoms with Crippen molar-refractivity contribution in [2.75, 3.05) is 23.7 Å². The van der Waals surface area contributed by atoms with Gasteiger partial charge in [-0.05, 0) is 25.2 Å². The molecule has 0 atom stereocenters. The molecule has 0 unspecified atom stereocenters. The van der Waals surface area contributed by atoms with E-state index in [2.05, 4.69) is 27.5 Å². The molecule has 0 aliphatic heterocycles. The first-order valence-corrected chi connectivity index (χ1v) is 6.30. The summed E-state index contributed by atoms with van der Waals surface area (Å²) in [6.07, 6.45) is 5.98. The van der Waals surface area contributed by atoms with Gasteiger partial charge in [-0.2, -0.15) is 4.98 Å². The summed E-state index contributed by atoms with van der Waals surface area (Å²) in [6, 6.07) is 0. The molecule has 94 valence electrons. The largest absolute Gasteiger partial charge is 0.367 e. The fourth-order valence-electron chi connectivity index (χ4n) is 1.75. The summed E-state index contributed by atoms with van der Waals surface area (Å²) < 4.78 is 13.4. The van der Waals surface area contributed by atoms with Gasteiger partial charge in [0.25, 0.3) is 0 Å². The maximum absolute atomic E-state index is 13.4. The zero-order valence-corrected chi connectivity index (χ0v) is 10.2. The highest BCUT2D eigenvalue weighted by atomic mass is 19.1. The Labute approximate surface area is 101 Å². The van der Waals surface area contributed by atoms with E-state index in [1.165, 1.54) is 25.5 Å². The van der Waals surface area contributed by atoms with Crippen molar-refractivity contribution < 1.29 is 4.39 Å². The van der Waals surface area contributed by atoms with Crippen LogP contribution in [0.25, 0.3) is 0 Å². The molecule has 1 fully saturated rings. The van der Waals surface area contributed by atoms with Gasteiger partial charge < -0.3 is 10.6 Å². The number of nitrogens with one attached hydrogen (secondary N) is 2. The summed E-state index contributed by atoms with van der Waals surface area (Å²) in [5, 5.41) is 6.11. The van der Waals surface area contributed by atoms with E-state index in [1.54, 1.807) is 0 Å². The van der Waals surface area contributed by atoms with E-state index in [0.717, 1.165) is 19.5 Å². The second-order valence-corrected chi connectivity index (χ2v) is 4.49. The molecule has 1 aliphatic carbocycles. The van der Waals surface area contributed by atoms with Gasteiger partial charge in [0.15, 0.2) is 11.6 Å². The Morgan fingerprint density at radius 3 is 2.88 bits per heavy atom. The molecule has 0 bridgehead atoms. The van der Waals surface area contributed by atoms with Crippen LogP contribution < -0.4 is 10.6 Å². The number of aromatic nitrogens is 2. The van der Waals surface area contributed by atoms with Crippen LogP contribution in [-0.2, 0) is 0 Å². The molecule has 1 aromatic heterocycles. The van der Waals surface area contributed by atoms with Crippen molar-refractivity contribution in [3.05, 3.63) is 12.0 Å². The summed E-state index contributed by atoms with van der Waals surface area (Å²) >= 11 is 0. The normalized spacial score (nSPS) is 15.4. The fraction of sp³-hybridized carbons (Fsp3) is 0.667. The Balaban J connectivity index is 1.93. The van der Waals surface area contributed by atoms with Gasteiger partial charge in [0.1, 0.15) is 0 Å². The molecule has 0 aromatic carbocycles. The first kappa shape index (κ1) is 12.1. The lowest BCUT2D eigenvalue weighted by molar-refractivity contribution is 0.333. The van der Waals surface area contributed by atoms with Crippen LogP contribution in [-0.4, -0.2) is 23.1 Å². The highest BCUT2D eigenvalue weighted by molar-refractivity contribution is 5.41. The summed E-state index contributed by atoms with van der Waals surface area (Å²) in [4.78, 5) is 8.03. The fourth-order valence-corrected chi connectivity index (χ4v) is 1.75. The second kappa shape index (κ2) is 5.80. The zero-order chi connectivity index (χ0) is 12.1. The minimum atomic E-state index is -0.383. The van der Waals surface area contributed by atoms with Crippen LogP contribution in [0.1, 0.15) is 32.6 Å². The lowest BCUT2D eigenvalue weighted by Gasteiger charge is -2.25. The number of nitrogens with zero attached hydrogens (tertiary/aromatic N) is 2. The van der Waals surface area contributed by atoms with Crippen LogP contribution in [0.4, 0.5) is 16.2 Å². The Hall–Kier alpha value is -1.39. The Bertz CT molecular complexity index is 366. The average Bonchev–Trinajstić information content (AvgIpc) is 2.27. The Morgan fingerprint density at radius 2 is 2.24 bits per heavy atom. The number of hydrogen-bond donors (Lipinski definition) is 2. The summed E-state index contributed by atoms with van der Waals surface area (Å²) in [6.45, 7) is 3.67. The first-order chi connectivity index (χ1) is 8.29. The highest BCUT2D eigenvalue weighted by Gasteiger charge is 2.17. The number of rotatable bonds is 6. The van der Waals surface area contributed by atoms with Gasteiger partial charge in [-0.3, -0.25) is 0 Å². The molecule has 17 heavy (non-hydrogen) atoms. The van der Waals surface area contributed by atoms with Crippen LogP contribution in [0, 0.1) is 11.7 Å². The van der Waals surface area contributed by atoms with E-state index in [9.17, 15) is 4.39 Å². The molecular formula is C12H19FN4. The molecule has 1 heterocycles. The van der Waals surface area contributed by atoms with Crippen molar-refractivity contribution in [1.29, 1.82) is 0 Å². The zero-order valence-electron chi connectivity index (χ0n) is 10.2. The third-order valence-electron chi connectivity index (χ3n) is 3.06. The predicted molar refractivity (Wildman–Crippen MR) is 66.6 cm³/mol. The third kappa shape index (κ3) is 3.28. The van der Waals surface area contributed by atoms with E-state index >= 15 is 0 Å². The van der Waals surface area contributed by atoms with Gasteiger partial charge in [0.05, 0.1) is 6.20 Å². The van der Waals surface area contributed by atoms with Crippen LogP contribution in [0.3, 0.4) is 0 Å². The Kier molecular flexibility index (Phi) is 4.12. The summed E-state index contributed by atoms with van der Waals surface area (Å²) in [5.74, 6) is 1.10. The van der Waals surface area contributed by atoms with E-state index in [-0.39, 0.29) is 5.82 Å². The summed E-state index contributed by atoms with van der Waals surface area (Å²) in [5.41, 5.74) is 0. The van der Waals surface area contributed by atoms with Crippen molar-refractivity contribution in [2.24, 2.45) is 5.92 Å². The van der Waals surface area contributed by atoms with E-state index in [4.69, 9.17) is 0 Å². The molecule has 1 saturated carbocycles. The molecule has 4 nitrogen and oxygen atoms in total. The monoisotopic (exact) mass is 238 g/mol. The predicted octanol–water partition coefficient (Wildman–Crippen LogP) is 2.65. The van der Waals surface area contributed by atoms with Gasteiger partial charge in [0.2, 0.25) is 5.95 Å². The molecule has 0 spiro atoms. The van der Waals surface area contributed by atoms with Gasteiger partial charge in [-0.1, -0.05) is 13.3 Å². The van der Waals surface area contributed by atoms with Crippen LogP contribution in [0.5, 0.6) is 0 Å². The van der Waals surface area contributed by atoms with Crippen LogP contribution in [0.15, 0.2) is 6.20 Å². The van der Waals surface area contributed by atoms with Crippen LogP contribution in [0.2, 0.25) is 0 Å². The molecule has 2 rings (SSSR count). The van der Waals surface area contributed by atoms with Crippen molar-refractivity contribution in [3.8, 4) is 0 Å². The summed E-state index contributed by atoms with van der Waals surface area (Å²) in [7, 11) is 0. The molecule has 2 N–H and O–H groups in total. The van der Waals surface area contributed by atoms with Gasteiger partial charge >= 0.3 is 0 Å². The molecule has 0 saturated heterocycles. The van der Waals surface area contributed by atoms with Crippen LogP contribution >= 0.6 is 0 Å². The SMILES string of the molecule is CCCNc1ncc(F)c(NCC2CCC2)n1.